The van der Waals surface area contributed by atoms with Crippen molar-refractivity contribution in [3.05, 3.63) is 46.5 Å². The number of benzene rings is 1. The first-order valence-electron chi connectivity index (χ1n) is 9.02. The lowest BCUT2D eigenvalue weighted by Crippen LogP contribution is -2.22. The molecule has 0 saturated heterocycles. The van der Waals surface area contributed by atoms with E-state index in [0.29, 0.717) is 22.1 Å². The third kappa shape index (κ3) is 5.04. The van der Waals surface area contributed by atoms with Crippen LogP contribution in [0.5, 0.6) is 0 Å². The molecule has 2 aromatic rings. The topological polar surface area (TPSA) is 108 Å². The minimum Gasteiger partial charge on any atom is -0.478 e. The number of amides is 2. The highest BCUT2D eigenvalue weighted by Gasteiger charge is 2.26. The molecule has 146 valence electrons. The quantitative estimate of drug-likeness (QED) is 0.487. The van der Waals surface area contributed by atoms with Crippen LogP contribution < -0.4 is 10.6 Å². The van der Waals surface area contributed by atoms with Gasteiger partial charge in [-0.1, -0.05) is 24.5 Å². The van der Waals surface area contributed by atoms with Crippen molar-refractivity contribution in [1.82, 2.24) is 4.98 Å². The Bertz CT molecular complexity index is 929. The van der Waals surface area contributed by atoms with E-state index >= 15 is 0 Å². The van der Waals surface area contributed by atoms with Crippen LogP contribution in [-0.2, 0) is 4.79 Å². The van der Waals surface area contributed by atoms with Crippen LogP contribution in [-0.4, -0.2) is 27.9 Å². The highest BCUT2D eigenvalue weighted by Crippen LogP contribution is 2.31. The Morgan fingerprint density at radius 1 is 1.21 bits per heavy atom. The van der Waals surface area contributed by atoms with Crippen molar-refractivity contribution in [2.24, 2.45) is 5.92 Å². The van der Waals surface area contributed by atoms with Gasteiger partial charge in [0.1, 0.15) is 0 Å². The van der Waals surface area contributed by atoms with E-state index < -0.39 is 12.0 Å². The molecule has 3 N–H and O–H groups in total. The summed E-state index contributed by atoms with van der Waals surface area (Å²) < 4.78 is 0. The molecular weight excluding hydrogens is 378 g/mol. The minimum atomic E-state index is -1.07. The third-order valence-electron chi connectivity index (χ3n) is 4.55. The number of ketones is 1. The fourth-order valence-corrected chi connectivity index (χ4v) is 3.88. The van der Waals surface area contributed by atoms with Gasteiger partial charge in [-0.3, -0.25) is 10.1 Å². The van der Waals surface area contributed by atoms with Crippen molar-refractivity contribution in [3.63, 3.8) is 0 Å². The van der Waals surface area contributed by atoms with Gasteiger partial charge < -0.3 is 10.4 Å². The average Bonchev–Trinajstić information content (AvgIpc) is 3.33. The summed E-state index contributed by atoms with van der Waals surface area (Å²) in [5.74, 6) is -0.973. The highest BCUT2D eigenvalue weighted by atomic mass is 32.1. The van der Waals surface area contributed by atoms with Gasteiger partial charge >= 0.3 is 12.0 Å². The number of carbonyl (C=O) groups is 3. The predicted octanol–water partition coefficient (Wildman–Crippen LogP) is 4.57. The molecular formula is C20H21N3O4S. The van der Waals surface area contributed by atoms with Crippen molar-refractivity contribution in [3.8, 4) is 0 Å². The van der Waals surface area contributed by atoms with E-state index in [4.69, 9.17) is 5.11 Å². The summed E-state index contributed by atoms with van der Waals surface area (Å²) in [6, 6.07) is 4.89. The summed E-state index contributed by atoms with van der Waals surface area (Å²) in [6.07, 6.45) is 6.24. The predicted molar refractivity (Wildman–Crippen MR) is 109 cm³/mol. The monoisotopic (exact) mass is 399 g/mol. The van der Waals surface area contributed by atoms with E-state index in [2.05, 4.69) is 15.6 Å². The van der Waals surface area contributed by atoms with Gasteiger partial charge in [0.15, 0.2) is 10.9 Å². The number of aromatic nitrogens is 1. The molecule has 0 unspecified atom stereocenters. The average molecular weight is 399 g/mol. The molecule has 1 aliphatic carbocycles. The van der Waals surface area contributed by atoms with Crippen molar-refractivity contribution in [1.29, 1.82) is 0 Å². The second-order valence-corrected chi connectivity index (χ2v) is 7.58. The number of carboxylic acid groups (broad SMARTS) is 1. The highest BCUT2D eigenvalue weighted by molar-refractivity contribution is 7.14. The number of aryl methyl sites for hydroxylation is 1. The second-order valence-electron chi connectivity index (χ2n) is 6.72. The summed E-state index contributed by atoms with van der Waals surface area (Å²) in [7, 11) is 0. The van der Waals surface area contributed by atoms with E-state index in [9.17, 15) is 14.4 Å². The summed E-state index contributed by atoms with van der Waals surface area (Å²) in [6.45, 7) is 1.91. The molecule has 3 rings (SSSR count). The lowest BCUT2D eigenvalue weighted by molar-refractivity contribution is -0.131. The van der Waals surface area contributed by atoms with E-state index in [0.717, 1.165) is 37.3 Å². The molecule has 0 atom stereocenters. The largest absolute Gasteiger partial charge is 0.478 e. The number of hydrogen-bond donors (Lipinski definition) is 3. The first kappa shape index (κ1) is 19.8. The molecule has 1 aromatic carbocycles. The standard InChI is InChI=1S/C20H21N3O4S/c1-12-6-8-16(15(10-12)18(26)13-4-2-3-5-13)22-19(27)23-20-21-14(11-28-20)7-9-17(24)25/h6-11,13H,2-5H2,1H3,(H,24,25)(H2,21,22,23,27). The number of aliphatic carboxylic acids is 1. The van der Waals surface area contributed by atoms with E-state index in [1.165, 1.54) is 17.4 Å². The molecule has 1 saturated carbocycles. The molecule has 0 aliphatic heterocycles. The third-order valence-corrected chi connectivity index (χ3v) is 5.33. The molecule has 8 heteroatoms. The van der Waals surface area contributed by atoms with Gasteiger partial charge in [-0.15, -0.1) is 11.3 Å². The van der Waals surface area contributed by atoms with Crippen molar-refractivity contribution < 1.29 is 19.5 Å². The Morgan fingerprint density at radius 2 is 1.96 bits per heavy atom. The van der Waals surface area contributed by atoms with Crippen LogP contribution in [0.1, 0.15) is 47.3 Å². The zero-order chi connectivity index (χ0) is 20.1. The maximum absolute atomic E-state index is 12.9. The number of Topliss-reactive ketones (excluding diaryl/α,β-unsaturated/α-hetero) is 1. The van der Waals surface area contributed by atoms with Gasteiger partial charge in [0.2, 0.25) is 0 Å². The Kier molecular flexibility index (Phi) is 6.20. The number of carbonyl (C=O) groups excluding carboxylic acids is 2. The second kappa shape index (κ2) is 8.79. The Morgan fingerprint density at radius 3 is 2.68 bits per heavy atom. The number of rotatable bonds is 6. The first-order chi connectivity index (χ1) is 13.4. The summed E-state index contributed by atoms with van der Waals surface area (Å²) in [5, 5.41) is 16.0. The van der Waals surface area contributed by atoms with Gasteiger partial charge in [0, 0.05) is 22.9 Å². The fourth-order valence-electron chi connectivity index (χ4n) is 3.21. The van der Waals surface area contributed by atoms with Crippen LogP contribution in [0.15, 0.2) is 29.7 Å². The van der Waals surface area contributed by atoms with Gasteiger partial charge in [-0.2, -0.15) is 0 Å². The van der Waals surface area contributed by atoms with Crippen molar-refractivity contribution >= 4 is 46.0 Å². The van der Waals surface area contributed by atoms with Crippen LogP contribution in [0, 0.1) is 12.8 Å². The normalized spacial score (nSPS) is 14.3. The van der Waals surface area contributed by atoms with Gasteiger partial charge in [-0.25, -0.2) is 14.6 Å². The molecule has 0 spiro atoms. The molecule has 1 heterocycles. The van der Waals surface area contributed by atoms with E-state index in [1.807, 2.05) is 19.1 Å². The molecule has 1 fully saturated rings. The Labute approximate surface area is 166 Å². The van der Waals surface area contributed by atoms with Gasteiger partial charge in [0.05, 0.1) is 11.4 Å². The first-order valence-corrected chi connectivity index (χ1v) is 9.90. The lowest BCUT2D eigenvalue weighted by atomic mass is 9.94. The lowest BCUT2D eigenvalue weighted by Gasteiger charge is -2.14. The van der Waals surface area contributed by atoms with Crippen LogP contribution in [0.2, 0.25) is 0 Å². The smallest absolute Gasteiger partial charge is 0.328 e. The van der Waals surface area contributed by atoms with Crippen LogP contribution >= 0.6 is 11.3 Å². The van der Waals surface area contributed by atoms with Crippen LogP contribution in [0.3, 0.4) is 0 Å². The van der Waals surface area contributed by atoms with E-state index in [1.54, 1.807) is 11.4 Å². The number of anilines is 2. The molecule has 1 aromatic heterocycles. The van der Waals surface area contributed by atoms with Crippen molar-refractivity contribution in [2.45, 2.75) is 32.6 Å². The Hall–Kier alpha value is -3.00. The maximum atomic E-state index is 12.9. The van der Waals surface area contributed by atoms with Crippen LogP contribution in [0.25, 0.3) is 6.08 Å². The zero-order valence-corrected chi connectivity index (χ0v) is 16.2. The number of urea groups is 1. The van der Waals surface area contributed by atoms with Gasteiger partial charge in [-0.05, 0) is 38.0 Å². The number of nitrogens with zero attached hydrogens (tertiary/aromatic N) is 1. The number of nitrogens with one attached hydrogen (secondary N) is 2. The summed E-state index contributed by atoms with van der Waals surface area (Å²) in [4.78, 5) is 39.9. The summed E-state index contributed by atoms with van der Waals surface area (Å²) >= 11 is 1.18. The SMILES string of the molecule is Cc1ccc(NC(=O)Nc2nc(C=CC(=O)O)cs2)c(C(=O)C2CCCC2)c1. The van der Waals surface area contributed by atoms with Crippen LogP contribution in [0.4, 0.5) is 15.6 Å². The number of carboxylic acids is 1. The molecule has 2 amide bonds. The molecule has 0 bridgehead atoms. The van der Waals surface area contributed by atoms with E-state index in [-0.39, 0.29) is 11.7 Å². The number of hydrogen-bond acceptors (Lipinski definition) is 5. The van der Waals surface area contributed by atoms with Gasteiger partial charge in [0.25, 0.3) is 0 Å². The molecule has 0 radical (unpaired) electrons. The number of thiazole rings is 1. The van der Waals surface area contributed by atoms with Crippen molar-refractivity contribution in [2.75, 3.05) is 10.6 Å². The molecule has 28 heavy (non-hydrogen) atoms. The maximum Gasteiger partial charge on any atom is 0.328 e. The molecule has 7 nitrogen and oxygen atoms in total. The minimum absolute atomic E-state index is 0.0213. The zero-order valence-electron chi connectivity index (χ0n) is 15.4. The molecule has 1 aliphatic rings. The fraction of sp³-hybridized carbons (Fsp3) is 0.300. The Balaban J connectivity index is 1.70. The summed E-state index contributed by atoms with van der Waals surface area (Å²) in [5.41, 5.74) is 2.41.